The fourth-order valence-electron chi connectivity index (χ4n) is 2.42. The molecule has 0 saturated carbocycles. The SMILES string of the molecule is CCN(CCSNCc1ccccc1)C(C)CCNC(C)C. The molecule has 0 heterocycles. The maximum atomic E-state index is 3.51. The lowest BCUT2D eigenvalue weighted by Gasteiger charge is -2.28. The highest BCUT2D eigenvalue weighted by atomic mass is 32.2. The van der Waals surface area contributed by atoms with Gasteiger partial charge in [-0.2, -0.15) is 0 Å². The van der Waals surface area contributed by atoms with Crippen molar-refractivity contribution in [1.82, 2.24) is 14.9 Å². The lowest BCUT2D eigenvalue weighted by Crippen LogP contribution is -2.38. The zero-order valence-electron chi connectivity index (χ0n) is 14.6. The predicted octanol–water partition coefficient (Wildman–Crippen LogP) is 3.52. The Labute approximate surface area is 141 Å². The van der Waals surface area contributed by atoms with Crippen LogP contribution in [0.4, 0.5) is 0 Å². The van der Waals surface area contributed by atoms with Crippen LogP contribution in [0.25, 0.3) is 0 Å². The summed E-state index contributed by atoms with van der Waals surface area (Å²) in [4.78, 5) is 2.57. The molecule has 22 heavy (non-hydrogen) atoms. The summed E-state index contributed by atoms with van der Waals surface area (Å²) in [5.41, 5.74) is 1.34. The molecule has 1 unspecified atom stereocenters. The van der Waals surface area contributed by atoms with Gasteiger partial charge in [-0.05, 0) is 32.0 Å². The molecule has 0 saturated heterocycles. The number of benzene rings is 1. The van der Waals surface area contributed by atoms with E-state index in [1.54, 1.807) is 0 Å². The van der Waals surface area contributed by atoms with Crippen molar-refractivity contribution in [3.63, 3.8) is 0 Å². The Kier molecular flexibility index (Phi) is 10.6. The van der Waals surface area contributed by atoms with Crippen molar-refractivity contribution in [2.24, 2.45) is 0 Å². The topological polar surface area (TPSA) is 27.3 Å². The number of rotatable bonds is 12. The fraction of sp³-hybridized carbons (Fsp3) is 0.667. The standard InChI is InChI=1S/C18H33N3S/c1-5-21(17(4)11-12-19-16(2)3)13-14-22-20-15-18-9-7-6-8-10-18/h6-10,16-17,19-20H,5,11-15H2,1-4H3. The Bertz CT molecular complexity index is 370. The van der Waals surface area contributed by atoms with Gasteiger partial charge in [-0.1, -0.05) is 63.1 Å². The minimum absolute atomic E-state index is 0.583. The highest BCUT2D eigenvalue weighted by molar-refractivity contribution is 7.97. The first-order valence-electron chi connectivity index (χ1n) is 8.49. The van der Waals surface area contributed by atoms with E-state index in [-0.39, 0.29) is 0 Å². The van der Waals surface area contributed by atoms with E-state index in [0.29, 0.717) is 12.1 Å². The first-order valence-corrected chi connectivity index (χ1v) is 9.48. The van der Waals surface area contributed by atoms with Crippen LogP contribution in [0.2, 0.25) is 0 Å². The lowest BCUT2D eigenvalue weighted by molar-refractivity contribution is 0.221. The van der Waals surface area contributed by atoms with Gasteiger partial charge in [0.2, 0.25) is 0 Å². The van der Waals surface area contributed by atoms with Crippen LogP contribution in [0.3, 0.4) is 0 Å². The molecule has 0 spiro atoms. The zero-order valence-corrected chi connectivity index (χ0v) is 15.5. The van der Waals surface area contributed by atoms with Crippen molar-refractivity contribution in [1.29, 1.82) is 0 Å². The molecule has 4 heteroatoms. The fourth-order valence-corrected chi connectivity index (χ4v) is 3.16. The maximum absolute atomic E-state index is 3.51. The minimum atomic E-state index is 0.583. The Morgan fingerprint density at radius 2 is 1.86 bits per heavy atom. The van der Waals surface area contributed by atoms with Crippen LogP contribution in [0, 0.1) is 0 Å². The summed E-state index contributed by atoms with van der Waals surface area (Å²) in [6.45, 7) is 13.3. The van der Waals surface area contributed by atoms with Crippen molar-refractivity contribution < 1.29 is 0 Å². The largest absolute Gasteiger partial charge is 0.314 e. The smallest absolute Gasteiger partial charge is 0.0309 e. The van der Waals surface area contributed by atoms with Crippen molar-refractivity contribution in [3.05, 3.63) is 35.9 Å². The Morgan fingerprint density at radius 1 is 1.14 bits per heavy atom. The summed E-state index contributed by atoms with van der Waals surface area (Å²) in [6, 6.07) is 11.8. The van der Waals surface area contributed by atoms with Gasteiger partial charge in [-0.15, -0.1) is 0 Å². The zero-order chi connectivity index (χ0) is 16.2. The van der Waals surface area contributed by atoms with Crippen LogP contribution in [0.15, 0.2) is 30.3 Å². The Hall–Kier alpha value is -0.550. The van der Waals surface area contributed by atoms with Crippen molar-refractivity contribution in [3.8, 4) is 0 Å². The van der Waals surface area contributed by atoms with E-state index in [1.807, 2.05) is 11.9 Å². The van der Waals surface area contributed by atoms with Gasteiger partial charge in [0.1, 0.15) is 0 Å². The molecule has 0 amide bonds. The minimum Gasteiger partial charge on any atom is -0.314 e. The van der Waals surface area contributed by atoms with Crippen LogP contribution in [0.5, 0.6) is 0 Å². The highest BCUT2D eigenvalue weighted by Gasteiger charge is 2.11. The maximum Gasteiger partial charge on any atom is 0.0309 e. The van der Waals surface area contributed by atoms with E-state index in [9.17, 15) is 0 Å². The van der Waals surface area contributed by atoms with Crippen LogP contribution < -0.4 is 10.0 Å². The molecule has 1 rings (SSSR count). The van der Waals surface area contributed by atoms with Gasteiger partial charge in [0.25, 0.3) is 0 Å². The molecule has 126 valence electrons. The molecular formula is C18H33N3S. The van der Waals surface area contributed by atoms with Crippen molar-refractivity contribution >= 4 is 11.9 Å². The molecule has 0 aliphatic rings. The summed E-state index contributed by atoms with van der Waals surface area (Å²) in [7, 11) is 0. The Morgan fingerprint density at radius 3 is 2.50 bits per heavy atom. The summed E-state index contributed by atoms with van der Waals surface area (Å²) in [5.74, 6) is 1.13. The average molecular weight is 324 g/mol. The molecule has 0 aromatic heterocycles. The second-order valence-electron chi connectivity index (χ2n) is 6.03. The monoisotopic (exact) mass is 323 g/mol. The third-order valence-electron chi connectivity index (χ3n) is 3.85. The third kappa shape index (κ3) is 8.79. The molecule has 3 nitrogen and oxygen atoms in total. The molecule has 0 bridgehead atoms. The number of hydrogen-bond acceptors (Lipinski definition) is 4. The lowest BCUT2D eigenvalue weighted by atomic mass is 10.2. The van der Waals surface area contributed by atoms with E-state index in [2.05, 4.69) is 73.0 Å². The van der Waals surface area contributed by atoms with Gasteiger partial charge < -0.3 is 10.2 Å². The van der Waals surface area contributed by atoms with Gasteiger partial charge >= 0.3 is 0 Å². The number of nitrogens with one attached hydrogen (secondary N) is 2. The van der Waals surface area contributed by atoms with Crippen molar-refractivity contribution in [2.45, 2.75) is 52.7 Å². The molecule has 1 aromatic rings. The molecule has 1 aromatic carbocycles. The molecule has 0 aliphatic carbocycles. The first-order chi connectivity index (χ1) is 10.6. The van der Waals surface area contributed by atoms with E-state index < -0.39 is 0 Å². The van der Waals surface area contributed by atoms with E-state index >= 15 is 0 Å². The summed E-state index contributed by atoms with van der Waals surface area (Å²) in [6.07, 6.45) is 1.22. The summed E-state index contributed by atoms with van der Waals surface area (Å²) >= 11 is 1.83. The number of nitrogens with zero attached hydrogens (tertiary/aromatic N) is 1. The van der Waals surface area contributed by atoms with Crippen molar-refractivity contribution in [2.75, 3.05) is 25.4 Å². The Balaban J connectivity index is 2.12. The normalized spacial score (nSPS) is 13.0. The van der Waals surface area contributed by atoms with Crippen LogP contribution >= 0.6 is 11.9 Å². The quantitative estimate of drug-likeness (QED) is 0.454. The van der Waals surface area contributed by atoms with E-state index in [4.69, 9.17) is 0 Å². The second-order valence-corrected chi connectivity index (χ2v) is 7.02. The predicted molar refractivity (Wildman–Crippen MR) is 100 cm³/mol. The van der Waals surface area contributed by atoms with Crippen LogP contribution in [-0.2, 0) is 6.54 Å². The molecule has 0 radical (unpaired) electrons. The summed E-state index contributed by atoms with van der Waals surface area (Å²) in [5, 5.41) is 3.51. The van der Waals surface area contributed by atoms with E-state index in [1.165, 1.54) is 12.0 Å². The average Bonchev–Trinajstić information content (AvgIpc) is 2.51. The second kappa shape index (κ2) is 11.9. The molecule has 2 N–H and O–H groups in total. The molecule has 1 atom stereocenters. The molecule has 0 fully saturated rings. The van der Waals surface area contributed by atoms with Gasteiger partial charge in [-0.25, -0.2) is 0 Å². The third-order valence-corrected chi connectivity index (χ3v) is 4.58. The molecular weight excluding hydrogens is 290 g/mol. The van der Waals surface area contributed by atoms with Gasteiger partial charge in [0.05, 0.1) is 0 Å². The van der Waals surface area contributed by atoms with Crippen LogP contribution in [-0.4, -0.2) is 42.4 Å². The number of hydrogen-bond donors (Lipinski definition) is 2. The first kappa shape index (κ1) is 19.5. The van der Waals surface area contributed by atoms with Gasteiger partial charge in [-0.3, -0.25) is 4.72 Å². The van der Waals surface area contributed by atoms with E-state index in [0.717, 1.165) is 31.9 Å². The highest BCUT2D eigenvalue weighted by Crippen LogP contribution is 2.06. The molecule has 0 aliphatic heterocycles. The summed E-state index contributed by atoms with van der Waals surface area (Å²) < 4.78 is 3.46. The van der Waals surface area contributed by atoms with Crippen LogP contribution in [0.1, 0.15) is 39.7 Å². The van der Waals surface area contributed by atoms with Gasteiger partial charge in [0, 0.05) is 30.9 Å². The van der Waals surface area contributed by atoms with Gasteiger partial charge in [0.15, 0.2) is 0 Å².